The van der Waals surface area contributed by atoms with Gasteiger partial charge in [-0.25, -0.2) is 4.79 Å². The van der Waals surface area contributed by atoms with Gasteiger partial charge >= 0.3 is 6.03 Å². The smallest absolute Gasteiger partial charge is 0.320 e. The zero-order valence-corrected chi connectivity index (χ0v) is 16.4. The van der Waals surface area contributed by atoms with Crippen molar-refractivity contribution in [3.63, 3.8) is 0 Å². The van der Waals surface area contributed by atoms with Crippen LogP contribution in [0.25, 0.3) is 0 Å². The van der Waals surface area contributed by atoms with Crippen LogP contribution < -0.4 is 5.32 Å². The van der Waals surface area contributed by atoms with Crippen LogP contribution in [0.2, 0.25) is 0 Å². The number of amides is 2. The number of fused-ring (bicyclic) bond motifs is 1. The third kappa shape index (κ3) is 3.59. The summed E-state index contributed by atoms with van der Waals surface area (Å²) < 4.78 is 4.11. The second kappa shape index (κ2) is 7.74. The van der Waals surface area contributed by atoms with Crippen molar-refractivity contribution >= 4 is 11.7 Å². The molecule has 2 aliphatic rings. The third-order valence-electron chi connectivity index (χ3n) is 5.94. The molecule has 1 aliphatic carbocycles. The highest BCUT2D eigenvalue weighted by Crippen LogP contribution is 2.32. The van der Waals surface area contributed by atoms with Gasteiger partial charge in [-0.2, -0.15) is 10.2 Å². The van der Waals surface area contributed by atoms with Crippen molar-refractivity contribution in [2.45, 2.75) is 70.9 Å². The number of carbonyl (C=O) groups is 1. The molecule has 7 nitrogen and oxygen atoms in total. The van der Waals surface area contributed by atoms with E-state index in [9.17, 15) is 4.79 Å². The Bertz CT molecular complexity index is 801. The molecule has 0 spiro atoms. The standard InChI is InChI=1S/C20H30N6O/c1-3-7-19-17(13-22-26(19)16-8-4-5-9-16)23-20(27)25-11-6-10-18-15(14-25)12-21-24(18)2/h12-13,16H,3-11,14H2,1-2H3,(H,23,27). The Hall–Kier alpha value is -2.31. The fourth-order valence-electron chi connectivity index (χ4n) is 4.49. The fourth-order valence-corrected chi connectivity index (χ4v) is 4.49. The predicted molar refractivity (Wildman–Crippen MR) is 105 cm³/mol. The average Bonchev–Trinajstić information content (AvgIpc) is 3.35. The molecule has 1 aliphatic heterocycles. The van der Waals surface area contributed by atoms with Crippen molar-refractivity contribution in [2.75, 3.05) is 11.9 Å². The largest absolute Gasteiger partial charge is 0.322 e. The quantitative estimate of drug-likeness (QED) is 0.893. The molecule has 0 atom stereocenters. The molecule has 4 rings (SSSR count). The van der Waals surface area contributed by atoms with Crippen molar-refractivity contribution in [3.05, 3.63) is 29.3 Å². The number of nitrogens with zero attached hydrogens (tertiary/aromatic N) is 5. The van der Waals surface area contributed by atoms with Crippen molar-refractivity contribution in [2.24, 2.45) is 7.05 Å². The summed E-state index contributed by atoms with van der Waals surface area (Å²) >= 11 is 0. The maximum Gasteiger partial charge on any atom is 0.322 e. The minimum atomic E-state index is -0.0324. The van der Waals surface area contributed by atoms with Crippen molar-refractivity contribution < 1.29 is 4.79 Å². The molecule has 2 amide bonds. The van der Waals surface area contributed by atoms with E-state index in [0.29, 0.717) is 12.6 Å². The van der Waals surface area contributed by atoms with E-state index in [1.165, 1.54) is 37.1 Å². The van der Waals surface area contributed by atoms with Crippen LogP contribution in [0.4, 0.5) is 10.5 Å². The average molecular weight is 371 g/mol. The van der Waals surface area contributed by atoms with Crippen molar-refractivity contribution in [1.29, 1.82) is 0 Å². The topological polar surface area (TPSA) is 68.0 Å². The van der Waals surface area contributed by atoms with Crippen LogP contribution in [0.3, 0.4) is 0 Å². The number of hydrogen-bond acceptors (Lipinski definition) is 3. The van der Waals surface area contributed by atoms with Gasteiger partial charge in [0.05, 0.1) is 36.4 Å². The molecule has 3 heterocycles. The minimum absolute atomic E-state index is 0.0324. The zero-order chi connectivity index (χ0) is 18.8. The summed E-state index contributed by atoms with van der Waals surface area (Å²) in [6.07, 6.45) is 12.6. The number of aromatic nitrogens is 4. The van der Waals surface area contributed by atoms with Crippen LogP contribution >= 0.6 is 0 Å². The molecule has 0 aromatic carbocycles. The Morgan fingerprint density at radius 2 is 2.04 bits per heavy atom. The molecule has 0 radical (unpaired) electrons. The van der Waals surface area contributed by atoms with Gasteiger partial charge in [0.25, 0.3) is 0 Å². The Morgan fingerprint density at radius 3 is 2.81 bits per heavy atom. The van der Waals surface area contributed by atoms with E-state index in [1.807, 2.05) is 29.0 Å². The number of hydrogen-bond donors (Lipinski definition) is 1. The first-order chi connectivity index (χ1) is 13.2. The predicted octanol–water partition coefficient (Wildman–Crippen LogP) is 3.66. The Balaban J connectivity index is 1.50. The summed E-state index contributed by atoms with van der Waals surface area (Å²) in [5.74, 6) is 0. The summed E-state index contributed by atoms with van der Waals surface area (Å²) in [5, 5.41) is 12.1. The minimum Gasteiger partial charge on any atom is -0.320 e. The molecular weight excluding hydrogens is 340 g/mol. The highest BCUT2D eigenvalue weighted by atomic mass is 16.2. The molecule has 2 aromatic heterocycles. The second-order valence-electron chi connectivity index (χ2n) is 7.83. The molecule has 0 unspecified atom stereocenters. The van der Waals surface area contributed by atoms with Gasteiger partial charge in [0.1, 0.15) is 0 Å². The molecule has 146 valence electrons. The van der Waals surface area contributed by atoms with E-state index in [2.05, 4.69) is 27.1 Å². The summed E-state index contributed by atoms with van der Waals surface area (Å²) in [5.41, 5.74) is 4.45. The zero-order valence-electron chi connectivity index (χ0n) is 16.4. The lowest BCUT2D eigenvalue weighted by atomic mass is 10.2. The SMILES string of the molecule is CCCc1c(NC(=O)N2CCCc3c(cnn3C)C2)cnn1C1CCCC1. The lowest BCUT2D eigenvalue weighted by Crippen LogP contribution is -2.34. The van der Waals surface area contributed by atoms with Gasteiger partial charge < -0.3 is 10.2 Å². The molecule has 0 bridgehead atoms. The van der Waals surface area contributed by atoms with E-state index >= 15 is 0 Å². The number of urea groups is 1. The van der Waals surface area contributed by atoms with Gasteiger partial charge in [-0.1, -0.05) is 26.2 Å². The van der Waals surface area contributed by atoms with Gasteiger partial charge in [0.2, 0.25) is 0 Å². The Morgan fingerprint density at radius 1 is 1.22 bits per heavy atom. The summed E-state index contributed by atoms with van der Waals surface area (Å²) in [7, 11) is 1.98. The number of carbonyl (C=O) groups excluding carboxylic acids is 1. The number of anilines is 1. The van der Waals surface area contributed by atoms with E-state index < -0.39 is 0 Å². The Kier molecular flexibility index (Phi) is 5.18. The maximum atomic E-state index is 13.0. The molecule has 1 fully saturated rings. The maximum absolute atomic E-state index is 13.0. The van der Waals surface area contributed by atoms with Crippen molar-refractivity contribution in [3.8, 4) is 0 Å². The van der Waals surface area contributed by atoms with E-state index in [-0.39, 0.29) is 6.03 Å². The normalized spacial score (nSPS) is 17.8. The molecule has 1 saturated carbocycles. The van der Waals surface area contributed by atoms with Crippen LogP contribution in [-0.2, 0) is 26.4 Å². The highest BCUT2D eigenvalue weighted by molar-refractivity contribution is 5.89. The first-order valence-electron chi connectivity index (χ1n) is 10.3. The van der Waals surface area contributed by atoms with E-state index in [4.69, 9.17) is 0 Å². The monoisotopic (exact) mass is 370 g/mol. The lowest BCUT2D eigenvalue weighted by Gasteiger charge is -2.21. The summed E-state index contributed by atoms with van der Waals surface area (Å²) in [6, 6.07) is 0.461. The molecule has 27 heavy (non-hydrogen) atoms. The summed E-state index contributed by atoms with van der Waals surface area (Å²) in [6.45, 7) is 3.56. The van der Waals surface area contributed by atoms with Crippen molar-refractivity contribution in [1.82, 2.24) is 24.5 Å². The first-order valence-corrected chi connectivity index (χ1v) is 10.3. The fraction of sp³-hybridized carbons (Fsp3) is 0.650. The lowest BCUT2D eigenvalue weighted by molar-refractivity contribution is 0.210. The van der Waals surface area contributed by atoms with Gasteiger partial charge in [0, 0.05) is 24.8 Å². The van der Waals surface area contributed by atoms with Crippen LogP contribution in [0, 0.1) is 0 Å². The van der Waals surface area contributed by atoms with E-state index in [1.54, 1.807) is 0 Å². The number of rotatable bonds is 4. The first kappa shape index (κ1) is 18.1. The second-order valence-corrected chi connectivity index (χ2v) is 7.83. The van der Waals surface area contributed by atoms with Crippen LogP contribution in [-0.4, -0.2) is 37.0 Å². The third-order valence-corrected chi connectivity index (χ3v) is 5.94. The molecule has 2 aromatic rings. The molecular formula is C20H30N6O. The Labute approximate surface area is 160 Å². The number of aryl methyl sites for hydroxylation is 1. The van der Waals surface area contributed by atoms with Crippen LogP contribution in [0.15, 0.2) is 12.4 Å². The molecule has 0 saturated heterocycles. The van der Waals surface area contributed by atoms with Gasteiger partial charge in [-0.3, -0.25) is 9.36 Å². The van der Waals surface area contributed by atoms with E-state index in [0.717, 1.165) is 43.5 Å². The molecule has 1 N–H and O–H groups in total. The summed E-state index contributed by atoms with van der Waals surface area (Å²) in [4.78, 5) is 14.9. The number of nitrogens with one attached hydrogen (secondary N) is 1. The highest BCUT2D eigenvalue weighted by Gasteiger charge is 2.25. The van der Waals surface area contributed by atoms with Gasteiger partial charge in [0.15, 0.2) is 0 Å². The van der Waals surface area contributed by atoms with Gasteiger partial charge in [-0.05, 0) is 32.1 Å². The van der Waals surface area contributed by atoms with Crippen LogP contribution in [0.5, 0.6) is 0 Å². The molecule has 7 heteroatoms. The van der Waals surface area contributed by atoms with Gasteiger partial charge in [-0.15, -0.1) is 0 Å². The van der Waals surface area contributed by atoms with Crippen LogP contribution in [0.1, 0.15) is 68.4 Å².